The molecule has 0 bridgehead atoms. The van der Waals surface area contributed by atoms with E-state index < -0.39 is 43.2 Å². The molecule has 0 aliphatic heterocycles. The number of hydrogen-bond donors (Lipinski definition) is 1. The van der Waals surface area contributed by atoms with E-state index in [1.807, 2.05) is 13.8 Å². The van der Waals surface area contributed by atoms with Crippen molar-refractivity contribution in [3.8, 4) is 23.1 Å². The molecule has 0 fully saturated rings. The van der Waals surface area contributed by atoms with Crippen LogP contribution in [-0.2, 0) is 16.3 Å². The molecule has 4 rings (SSSR count). The van der Waals surface area contributed by atoms with Crippen LogP contribution in [0.4, 0.5) is 4.39 Å². The number of rotatable bonds is 9. The third kappa shape index (κ3) is 5.49. The molecule has 0 spiro atoms. The summed E-state index contributed by atoms with van der Waals surface area (Å²) in [5.74, 6) is -1.12. The van der Waals surface area contributed by atoms with Crippen LogP contribution in [0, 0.1) is 24.2 Å². The molecule has 3 aromatic heterocycles. The van der Waals surface area contributed by atoms with Gasteiger partial charge in [-0.1, -0.05) is 32.4 Å². The highest BCUT2D eigenvalue weighted by atomic mass is 32.2. The number of sulfone groups is 1. The van der Waals surface area contributed by atoms with Crippen molar-refractivity contribution in [1.29, 1.82) is 5.26 Å². The van der Waals surface area contributed by atoms with Crippen molar-refractivity contribution in [2.45, 2.75) is 62.4 Å². The van der Waals surface area contributed by atoms with Crippen molar-refractivity contribution < 1.29 is 17.9 Å². The highest BCUT2D eigenvalue weighted by Gasteiger charge is 2.32. The Labute approximate surface area is 231 Å². The number of benzene rings is 1. The maximum absolute atomic E-state index is 13.7. The summed E-state index contributed by atoms with van der Waals surface area (Å²) >= 11 is 0. The Morgan fingerprint density at radius 2 is 1.90 bits per heavy atom. The van der Waals surface area contributed by atoms with E-state index >= 15 is 0 Å². The van der Waals surface area contributed by atoms with Gasteiger partial charge in [0.15, 0.2) is 5.03 Å². The van der Waals surface area contributed by atoms with Crippen molar-refractivity contribution in [2.24, 2.45) is 0 Å². The number of aromatic hydroxyl groups is 1. The fraction of sp³-hybridized carbons (Fsp3) is 0.276. The van der Waals surface area contributed by atoms with Crippen LogP contribution in [0.15, 0.2) is 69.4 Å². The fourth-order valence-corrected chi connectivity index (χ4v) is 5.91. The van der Waals surface area contributed by atoms with E-state index in [-0.39, 0.29) is 5.82 Å². The number of nitriles is 1. The second-order valence-electron chi connectivity index (χ2n) is 9.28. The molecule has 1 N–H and O–H groups in total. The van der Waals surface area contributed by atoms with Crippen LogP contribution in [0.25, 0.3) is 11.1 Å². The van der Waals surface area contributed by atoms with Crippen LogP contribution in [-0.4, -0.2) is 33.0 Å². The summed E-state index contributed by atoms with van der Waals surface area (Å²) in [5, 5.41) is 20.4. The molecule has 0 aliphatic carbocycles. The Bertz CT molecular complexity index is 1760. The first-order valence-corrected chi connectivity index (χ1v) is 14.3. The Morgan fingerprint density at radius 3 is 2.52 bits per heavy atom. The first kappa shape index (κ1) is 28.6. The molecule has 1 aromatic carbocycles. The van der Waals surface area contributed by atoms with Gasteiger partial charge >= 0.3 is 0 Å². The van der Waals surface area contributed by atoms with Crippen LogP contribution in [0.2, 0.25) is 0 Å². The molecule has 40 heavy (non-hydrogen) atoms. The van der Waals surface area contributed by atoms with Crippen LogP contribution in [0.5, 0.6) is 5.88 Å². The Balaban J connectivity index is 1.87. The maximum Gasteiger partial charge on any atom is 0.296 e. The zero-order valence-electron chi connectivity index (χ0n) is 22.3. The zero-order chi connectivity index (χ0) is 29.0. The SMILES string of the molecule is CCCCc1nc(=O)c(S(=O)(=O)c2ccc(-c3ccc(F)nc3C)cn2)c(O)n1C(CC)c1cccc(C#N)c1. The molecular formula is C29H28FN5O4S. The third-order valence-corrected chi connectivity index (χ3v) is 8.32. The maximum atomic E-state index is 13.7. The molecule has 1 unspecified atom stereocenters. The molecule has 0 saturated carbocycles. The number of unbranched alkanes of at least 4 members (excludes halogenated alkanes) is 1. The summed E-state index contributed by atoms with van der Waals surface area (Å²) < 4.78 is 42.2. The molecule has 0 aliphatic rings. The van der Waals surface area contributed by atoms with E-state index in [4.69, 9.17) is 0 Å². The summed E-state index contributed by atoms with van der Waals surface area (Å²) in [6.07, 6.45) is 3.50. The van der Waals surface area contributed by atoms with E-state index in [0.29, 0.717) is 47.2 Å². The topological polar surface area (TPSA) is 139 Å². The molecule has 0 saturated heterocycles. The van der Waals surface area contributed by atoms with Gasteiger partial charge in [-0.25, -0.2) is 18.4 Å². The van der Waals surface area contributed by atoms with Crippen molar-refractivity contribution >= 4 is 9.84 Å². The molecule has 3 heterocycles. The predicted molar refractivity (Wildman–Crippen MR) is 146 cm³/mol. The highest BCUT2D eigenvalue weighted by Crippen LogP contribution is 2.33. The number of hydrogen-bond acceptors (Lipinski definition) is 8. The van der Waals surface area contributed by atoms with E-state index in [0.717, 1.165) is 6.42 Å². The quantitative estimate of drug-likeness (QED) is 0.285. The first-order chi connectivity index (χ1) is 19.1. The molecule has 11 heteroatoms. The monoisotopic (exact) mass is 561 g/mol. The van der Waals surface area contributed by atoms with Crippen molar-refractivity contribution in [1.82, 2.24) is 19.5 Å². The number of halogens is 1. The van der Waals surface area contributed by atoms with Gasteiger partial charge in [-0.05, 0) is 61.7 Å². The second-order valence-corrected chi connectivity index (χ2v) is 11.1. The van der Waals surface area contributed by atoms with Crippen LogP contribution in [0.1, 0.15) is 61.8 Å². The predicted octanol–water partition coefficient (Wildman–Crippen LogP) is 4.90. The van der Waals surface area contributed by atoms with Crippen molar-refractivity contribution in [3.63, 3.8) is 0 Å². The van der Waals surface area contributed by atoms with Crippen LogP contribution in [0.3, 0.4) is 0 Å². The zero-order valence-corrected chi connectivity index (χ0v) is 23.1. The van der Waals surface area contributed by atoms with E-state index in [1.165, 1.54) is 35.0 Å². The summed E-state index contributed by atoms with van der Waals surface area (Å²) in [7, 11) is -4.60. The summed E-state index contributed by atoms with van der Waals surface area (Å²) in [6, 6.07) is 13.7. The Hall–Kier alpha value is -4.43. The molecule has 0 radical (unpaired) electrons. The largest absolute Gasteiger partial charge is 0.493 e. The van der Waals surface area contributed by atoms with Gasteiger partial charge in [0.05, 0.1) is 17.7 Å². The minimum atomic E-state index is -4.60. The first-order valence-electron chi connectivity index (χ1n) is 12.8. The number of pyridine rings is 2. The minimum Gasteiger partial charge on any atom is -0.493 e. The van der Waals surface area contributed by atoms with Gasteiger partial charge in [0.25, 0.3) is 5.56 Å². The second kappa shape index (κ2) is 11.8. The van der Waals surface area contributed by atoms with Crippen LogP contribution < -0.4 is 5.56 Å². The van der Waals surface area contributed by atoms with Crippen molar-refractivity contribution in [3.05, 3.63) is 93.7 Å². The average molecular weight is 562 g/mol. The van der Waals surface area contributed by atoms with Gasteiger partial charge in [0, 0.05) is 29.4 Å². The minimum absolute atomic E-state index is 0.250. The van der Waals surface area contributed by atoms with Crippen molar-refractivity contribution in [2.75, 3.05) is 0 Å². The summed E-state index contributed by atoms with van der Waals surface area (Å²) in [4.78, 5) is 24.2. The Kier molecular flexibility index (Phi) is 8.40. The van der Waals surface area contributed by atoms with Gasteiger partial charge < -0.3 is 5.11 Å². The molecule has 206 valence electrons. The molecule has 4 aromatic rings. The molecular weight excluding hydrogens is 533 g/mol. The van der Waals surface area contributed by atoms with Gasteiger partial charge in [-0.2, -0.15) is 14.6 Å². The van der Waals surface area contributed by atoms with E-state index in [1.54, 1.807) is 31.2 Å². The lowest BCUT2D eigenvalue weighted by atomic mass is 10.0. The number of nitrogens with zero attached hydrogens (tertiary/aromatic N) is 5. The summed E-state index contributed by atoms with van der Waals surface area (Å²) in [5.41, 5.74) is 1.45. The van der Waals surface area contributed by atoms with Crippen LogP contribution >= 0.6 is 0 Å². The smallest absolute Gasteiger partial charge is 0.296 e. The third-order valence-electron chi connectivity index (χ3n) is 6.63. The summed E-state index contributed by atoms with van der Waals surface area (Å²) in [6.45, 7) is 5.44. The van der Waals surface area contributed by atoms with Gasteiger partial charge in [-0.3, -0.25) is 9.36 Å². The van der Waals surface area contributed by atoms with Gasteiger partial charge in [0.1, 0.15) is 5.82 Å². The Morgan fingerprint density at radius 1 is 1.12 bits per heavy atom. The highest BCUT2D eigenvalue weighted by molar-refractivity contribution is 7.91. The molecule has 1 atom stereocenters. The average Bonchev–Trinajstić information content (AvgIpc) is 2.93. The number of aryl methyl sites for hydroxylation is 2. The number of aromatic nitrogens is 4. The standard InChI is InChI=1S/C29H28FN5O4S/c1-4-6-10-25-34-28(36)27(29(37)35(25)23(5-2)20-9-7-8-19(15-20)16-31)40(38,39)26-14-11-21(17-32-26)22-12-13-24(30)33-18(22)3/h7-9,11-15,17,23,37H,4-6,10H2,1-3H3. The van der Waals surface area contributed by atoms with Gasteiger partial charge in [-0.15, -0.1) is 0 Å². The van der Waals surface area contributed by atoms with E-state index in [2.05, 4.69) is 21.0 Å². The van der Waals surface area contributed by atoms with Gasteiger partial charge in [0.2, 0.25) is 26.6 Å². The lowest BCUT2D eigenvalue weighted by Crippen LogP contribution is -2.27. The normalized spacial score (nSPS) is 12.2. The lowest BCUT2D eigenvalue weighted by molar-refractivity contribution is 0.358. The fourth-order valence-electron chi connectivity index (χ4n) is 4.64. The molecule has 9 nitrogen and oxygen atoms in total. The van der Waals surface area contributed by atoms with E-state index in [9.17, 15) is 28.0 Å². The molecule has 0 amide bonds. The lowest BCUT2D eigenvalue weighted by Gasteiger charge is -2.25.